The molecule has 3 heteroatoms. The summed E-state index contributed by atoms with van der Waals surface area (Å²) in [7, 11) is 2.00. The van der Waals surface area contributed by atoms with Crippen LogP contribution in [0.4, 0.5) is 10.1 Å². The van der Waals surface area contributed by atoms with Crippen molar-refractivity contribution in [3.8, 4) is 0 Å². The van der Waals surface area contributed by atoms with E-state index >= 15 is 0 Å². The van der Waals surface area contributed by atoms with Crippen molar-refractivity contribution in [1.82, 2.24) is 0 Å². The minimum atomic E-state index is -0.211. The van der Waals surface area contributed by atoms with Crippen LogP contribution in [0.2, 0.25) is 0 Å². The lowest BCUT2D eigenvalue weighted by Gasteiger charge is -2.19. The Morgan fingerprint density at radius 2 is 1.78 bits per heavy atom. The van der Waals surface area contributed by atoms with Crippen LogP contribution in [0.25, 0.3) is 0 Å². The van der Waals surface area contributed by atoms with Crippen molar-refractivity contribution in [2.24, 2.45) is 0 Å². The van der Waals surface area contributed by atoms with Crippen molar-refractivity contribution in [1.29, 1.82) is 0 Å². The first-order valence-corrected chi connectivity index (χ1v) is 6.56. The predicted molar refractivity (Wildman–Crippen MR) is 77.4 cm³/mol. The van der Waals surface area contributed by atoms with E-state index in [9.17, 15) is 4.39 Å². The molecule has 0 bridgehead atoms. The van der Waals surface area contributed by atoms with Gasteiger partial charge in [-0.1, -0.05) is 33.6 Å². The minimum absolute atomic E-state index is 0.211. The number of halogens is 2. The van der Waals surface area contributed by atoms with Gasteiger partial charge in [-0.05, 0) is 42.8 Å². The highest BCUT2D eigenvalue weighted by Crippen LogP contribution is 2.19. The first-order valence-electron chi connectivity index (χ1n) is 5.77. The number of hydrogen-bond acceptors (Lipinski definition) is 1. The maximum Gasteiger partial charge on any atom is 0.124 e. The molecule has 0 spiro atoms. The molecule has 2 rings (SSSR count). The van der Waals surface area contributed by atoms with Crippen LogP contribution in [0.1, 0.15) is 11.1 Å². The van der Waals surface area contributed by atoms with Crippen LogP contribution in [0, 0.1) is 12.7 Å². The van der Waals surface area contributed by atoms with Crippen LogP contribution in [0.5, 0.6) is 0 Å². The van der Waals surface area contributed by atoms with Gasteiger partial charge in [0, 0.05) is 23.8 Å². The molecule has 0 aliphatic heterocycles. The number of rotatable bonds is 3. The van der Waals surface area contributed by atoms with Crippen molar-refractivity contribution >= 4 is 21.6 Å². The zero-order valence-corrected chi connectivity index (χ0v) is 12.0. The highest BCUT2D eigenvalue weighted by atomic mass is 79.9. The fourth-order valence-electron chi connectivity index (χ4n) is 1.87. The molecule has 0 fully saturated rings. The second-order valence-electron chi connectivity index (χ2n) is 4.47. The molecule has 18 heavy (non-hydrogen) atoms. The number of anilines is 1. The lowest BCUT2D eigenvalue weighted by Crippen LogP contribution is -2.16. The summed E-state index contributed by atoms with van der Waals surface area (Å²) in [6, 6.07) is 13.3. The van der Waals surface area contributed by atoms with E-state index in [1.54, 1.807) is 6.07 Å². The Hall–Kier alpha value is -1.35. The van der Waals surface area contributed by atoms with Gasteiger partial charge >= 0.3 is 0 Å². The minimum Gasteiger partial charge on any atom is -0.370 e. The fourth-order valence-corrected chi connectivity index (χ4v) is 2.38. The fraction of sp³-hybridized carbons (Fsp3) is 0.200. The zero-order chi connectivity index (χ0) is 13.1. The molecule has 0 amide bonds. The van der Waals surface area contributed by atoms with Crippen LogP contribution in [-0.2, 0) is 6.54 Å². The summed E-state index contributed by atoms with van der Waals surface area (Å²) in [6.45, 7) is 2.74. The third-order valence-corrected chi connectivity index (χ3v) is 3.27. The van der Waals surface area contributed by atoms with Gasteiger partial charge in [-0.25, -0.2) is 4.39 Å². The standard InChI is InChI=1S/C15H15BrFN/c1-11-3-5-15(6-4-11)18(2)10-12-7-13(16)9-14(17)8-12/h3-9H,10H2,1-2H3. The molecule has 0 atom stereocenters. The smallest absolute Gasteiger partial charge is 0.124 e. The summed E-state index contributed by atoms with van der Waals surface area (Å²) in [5, 5.41) is 0. The molecular weight excluding hydrogens is 293 g/mol. The van der Waals surface area contributed by atoms with E-state index < -0.39 is 0 Å². The largest absolute Gasteiger partial charge is 0.370 e. The lowest BCUT2D eigenvalue weighted by atomic mass is 10.2. The predicted octanol–water partition coefficient (Wildman–Crippen LogP) is 4.53. The molecule has 0 aliphatic carbocycles. The Bertz CT molecular complexity index is 516. The van der Waals surface area contributed by atoms with Gasteiger partial charge in [0.15, 0.2) is 0 Å². The Morgan fingerprint density at radius 1 is 1.11 bits per heavy atom. The van der Waals surface area contributed by atoms with Gasteiger partial charge in [0.1, 0.15) is 5.82 Å². The Kier molecular flexibility index (Phi) is 4.02. The van der Waals surface area contributed by atoms with E-state index in [0.29, 0.717) is 6.54 Å². The van der Waals surface area contributed by atoms with Gasteiger partial charge in [0.25, 0.3) is 0 Å². The van der Waals surface area contributed by atoms with Gasteiger partial charge in [-0.2, -0.15) is 0 Å². The average Bonchev–Trinajstić information content (AvgIpc) is 2.28. The summed E-state index contributed by atoms with van der Waals surface area (Å²) in [6.07, 6.45) is 0. The first-order chi connectivity index (χ1) is 8.54. The van der Waals surface area contributed by atoms with Gasteiger partial charge < -0.3 is 4.90 Å². The van der Waals surface area contributed by atoms with Crippen molar-refractivity contribution in [2.75, 3.05) is 11.9 Å². The topological polar surface area (TPSA) is 3.24 Å². The maximum atomic E-state index is 13.3. The van der Waals surface area contributed by atoms with E-state index in [2.05, 4.69) is 52.0 Å². The molecule has 0 radical (unpaired) electrons. The number of hydrogen-bond donors (Lipinski definition) is 0. The molecule has 2 aromatic rings. The van der Waals surface area contributed by atoms with Crippen molar-refractivity contribution in [3.05, 3.63) is 63.9 Å². The quantitative estimate of drug-likeness (QED) is 0.805. The van der Waals surface area contributed by atoms with Gasteiger partial charge in [0.05, 0.1) is 0 Å². The molecule has 0 saturated carbocycles. The van der Waals surface area contributed by atoms with Crippen LogP contribution in [0.15, 0.2) is 46.9 Å². The van der Waals surface area contributed by atoms with Gasteiger partial charge in [-0.15, -0.1) is 0 Å². The normalized spacial score (nSPS) is 10.4. The highest BCUT2D eigenvalue weighted by Gasteiger charge is 2.04. The summed E-state index contributed by atoms with van der Waals surface area (Å²) < 4.78 is 14.1. The van der Waals surface area contributed by atoms with E-state index in [1.807, 2.05) is 13.1 Å². The molecule has 0 aromatic heterocycles. The summed E-state index contributed by atoms with van der Waals surface area (Å²) in [4.78, 5) is 2.10. The zero-order valence-electron chi connectivity index (χ0n) is 10.5. The van der Waals surface area contributed by atoms with Gasteiger partial charge in [0.2, 0.25) is 0 Å². The van der Waals surface area contributed by atoms with Crippen LogP contribution in [0.3, 0.4) is 0 Å². The van der Waals surface area contributed by atoms with E-state index in [1.165, 1.54) is 11.6 Å². The molecule has 0 unspecified atom stereocenters. The Labute approximate surface area is 115 Å². The van der Waals surface area contributed by atoms with Gasteiger partial charge in [-0.3, -0.25) is 0 Å². The highest BCUT2D eigenvalue weighted by molar-refractivity contribution is 9.10. The molecular formula is C15H15BrFN. The van der Waals surface area contributed by atoms with Crippen molar-refractivity contribution < 1.29 is 4.39 Å². The first kappa shape index (κ1) is 13.1. The molecule has 94 valence electrons. The number of aryl methyl sites for hydroxylation is 1. The van der Waals surface area contributed by atoms with Crippen molar-refractivity contribution in [3.63, 3.8) is 0 Å². The molecule has 0 heterocycles. The molecule has 2 aromatic carbocycles. The third kappa shape index (κ3) is 3.33. The maximum absolute atomic E-state index is 13.3. The van der Waals surface area contributed by atoms with E-state index in [-0.39, 0.29) is 5.82 Å². The summed E-state index contributed by atoms with van der Waals surface area (Å²) in [5.74, 6) is -0.211. The van der Waals surface area contributed by atoms with Crippen LogP contribution >= 0.6 is 15.9 Å². The lowest BCUT2D eigenvalue weighted by molar-refractivity contribution is 0.624. The SMILES string of the molecule is Cc1ccc(N(C)Cc2cc(F)cc(Br)c2)cc1. The van der Waals surface area contributed by atoms with E-state index in [4.69, 9.17) is 0 Å². The van der Waals surface area contributed by atoms with Crippen LogP contribution < -0.4 is 4.90 Å². The average molecular weight is 308 g/mol. The third-order valence-electron chi connectivity index (χ3n) is 2.82. The number of benzene rings is 2. The summed E-state index contributed by atoms with van der Waals surface area (Å²) in [5.41, 5.74) is 3.31. The molecule has 0 aliphatic rings. The van der Waals surface area contributed by atoms with Crippen LogP contribution in [-0.4, -0.2) is 7.05 Å². The summed E-state index contributed by atoms with van der Waals surface area (Å²) >= 11 is 3.31. The Balaban J connectivity index is 2.15. The van der Waals surface area contributed by atoms with E-state index in [0.717, 1.165) is 15.7 Å². The second-order valence-corrected chi connectivity index (χ2v) is 5.38. The second kappa shape index (κ2) is 5.53. The molecule has 0 saturated heterocycles. The van der Waals surface area contributed by atoms with Crippen molar-refractivity contribution in [2.45, 2.75) is 13.5 Å². The molecule has 1 nitrogen and oxygen atoms in total. The molecule has 0 N–H and O–H groups in total. The monoisotopic (exact) mass is 307 g/mol. The Morgan fingerprint density at radius 3 is 2.39 bits per heavy atom. The number of nitrogens with zero attached hydrogens (tertiary/aromatic N) is 1.